The van der Waals surface area contributed by atoms with Crippen molar-refractivity contribution in [3.8, 4) is 0 Å². The van der Waals surface area contributed by atoms with E-state index in [1.807, 2.05) is 30.2 Å². The van der Waals surface area contributed by atoms with Gasteiger partial charge < -0.3 is 0 Å². The smallest absolute Gasteiger partial charge is 0.0317 e. The van der Waals surface area contributed by atoms with Gasteiger partial charge in [-0.05, 0) is 36.8 Å². The number of aromatic nitrogens is 1. The molecule has 0 fully saturated rings. The highest BCUT2D eigenvalue weighted by Gasteiger charge is 2.05. The number of hydrogen-bond donors (Lipinski definition) is 0. The Hall–Kier alpha value is -1.28. The van der Waals surface area contributed by atoms with Crippen LogP contribution in [-0.2, 0) is 0 Å². The summed E-state index contributed by atoms with van der Waals surface area (Å²) >= 11 is 1.87. The molecular formula is C13H13NS. The molecule has 0 bridgehead atoms. The summed E-state index contributed by atoms with van der Waals surface area (Å²) in [5, 5.41) is 0.468. The molecule has 0 amide bonds. The minimum absolute atomic E-state index is 0.468. The van der Waals surface area contributed by atoms with Crippen molar-refractivity contribution in [3.05, 3.63) is 60.4 Å². The Balaban J connectivity index is 2.08. The summed E-state index contributed by atoms with van der Waals surface area (Å²) in [4.78, 5) is 5.33. The average Bonchev–Trinajstić information content (AvgIpc) is 2.31. The van der Waals surface area contributed by atoms with Crippen LogP contribution in [-0.4, -0.2) is 4.98 Å². The second kappa shape index (κ2) is 4.99. The van der Waals surface area contributed by atoms with Crippen LogP contribution in [0.2, 0.25) is 0 Å². The molecule has 0 aliphatic heterocycles. The van der Waals surface area contributed by atoms with E-state index in [-0.39, 0.29) is 0 Å². The molecule has 0 spiro atoms. The number of pyridine rings is 1. The number of benzene rings is 1. The first-order chi connectivity index (χ1) is 7.36. The van der Waals surface area contributed by atoms with Gasteiger partial charge in [0.15, 0.2) is 0 Å². The van der Waals surface area contributed by atoms with Crippen molar-refractivity contribution in [1.82, 2.24) is 4.98 Å². The van der Waals surface area contributed by atoms with Crippen LogP contribution in [0.4, 0.5) is 0 Å². The SMILES string of the molecule is C[C@@H](Sc1ccccc1)c1ccncc1. The summed E-state index contributed by atoms with van der Waals surface area (Å²) in [5.74, 6) is 0. The molecule has 0 aliphatic rings. The maximum atomic E-state index is 4.03. The van der Waals surface area contributed by atoms with Crippen LogP contribution >= 0.6 is 11.8 Å². The summed E-state index contributed by atoms with van der Waals surface area (Å²) in [6.45, 7) is 2.22. The summed E-state index contributed by atoms with van der Waals surface area (Å²) in [7, 11) is 0. The lowest BCUT2D eigenvalue weighted by atomic mass is 10.2. The normalized spacial score (nSPS) is 12.3. The third-order valence-corrected chi connectivity index (χ3v) is 3.40. The highest BCUT2D eigenvalue weighted by atomic mass is 32.2. The monoisotopic (exact) mass is 215 g/mol. The van der Waals surface area contributed by atoms with Gasteiger partial charge in [0.25, 0.3) is 0 Å². The van der Waals surface area contributed by atoms with Crippen molar-refractivity contribution in [2.75, 3.05) is 0 Å². The topological polar surface area (TPSA) is 12.9 Å². The molecule has 15 heavy (non-hydrogen) atoms. The van der Waals surface area contributed by atoms with Gasteiger partial charge in [-0.1, -0.05) is 18.2 Å². The maximum Gasteiger partial charge on any atom is 0.0317 e. The van der Waals surface area contributed by atoms with Gasteiger partial charge in [0, 0.05) is 22.5 Å². The molecule has 1 heterocycles. The molecule has 0 N–H and O–H groups in total. The van der Waals surface area contributed by atoms with E-state index in [2.05, 4.69) is 48.3 Å². The van der Waals surface area contributed by atoms with Gasteiger partial charge in [-0.15, -0.1) is 11.8 Å². The summed E-state index contributed by atoms with van der Waals surface area (Å²) in [6, 6.07) is 14.6. The molecule has 1 atom stereocenters. The van der Waals surface area contributed by atoms with Crippen molar-refractivity contribution in [2.45, 2.75) is 17.1 Å². The van der Waals surface area contributed by atoms with Crippen LogP contribution in [0, 0.1) is 0 Å². The van der Waals surface area contributed by atoms with E-state index >= 15 is 0 Å². The molecule has 2 aromatic rings. The molecule has 76 valence electrons. The van der Waals surface area contributed by atoms with Gasteiger partial charge in [0.1, 0.15) is 0 Å². The van der Waals surface area contributed by atoms with E-state index < -0.39 is 0 Å². The molecule has 0 saturated carbocycles. The third-order valence-electron chi connectivity index (χ3n) is 2.23. The van der Waals surface area contributed by atoms with E-state index in [1.54, 1.807) is 0 Å². The third kappa shape index (κ3) is 2.83. The lowest BCUT2D eigenvalue weighted by Gasteiger charge is -2.10. The Morgan fingerprint density at radius 3 is 2.33 bits per heavy atom. The molecule has 1 aromatic heterocycles. The van der Waals surface area contributed by atoms with Crippen molar-refractivity contribution in [1.29, 1.82) is 0 Å². The Morgan fingerprint density at radius 1 is 1.00 bits per heavy atom. The van der Waals surface area contributed by atoms with Gasteiger partial charge >= 0.3 is 0 Å². The number of rotatable bonds is 3. The van der Waals surface area contributed by atoms with Crippen LogP contribution in [0.15, 0.2) is 59.8 Å². The Kier molecular flexibility index (Phi) is 3.41. The van der Waals surface area contributed by atoms with Gasteiger partial charge in [-0.25, -0.2) is 0 Å². The van der Waals surface area contributed by atoms with Crippen molar-refractivity contribution in [3.63, 3.8) is 0 Å². The van der Waals surface area contributed by atoms with Gasteiger partial charge in [-0.2, -0.15) is 0 Å². The summed E-state index contributed by atoms with van der Waals surface area (Å²) in [5.41, 5.74) is 1.32. The largest absolute Gasteiger partial charge is 0.265 e. The molecule has 2 heteroatoms. The quantitative estimate of drug-likeness (QED) is 0.719. The molecule has 0 unspecified atom stereocenters. The van der Waals surface area contributed by atoms with Crippen LogP contribution in [0.3, 0.4) is 0 Å². The first kappa shape index (κ1) is 10.2. The zero-order valence-corrected chi connectivity index (χ0v) is 9.45. The second-order valence-corrected chi connectivity index (χ2v) is 4.77. The first-order valence-electron chi connectivity index (χ1n) is 4.98. The average molecular weight is 215 g/mol. The van der Waals surface area contributed by atoms with Crippen molar-refractivity contribution in [2.24, 2.45) is 0 Å². The van der Waals surface area contributed by atoms with E-state index in [4.69, 9.17) is 0 Å². The lowest BCUT2D eigenvalue weighted by molar-refractivity contribution is 1.08. The van der Waals surface area contributed by atoms with Crippen molar-refractivity contribution >= 4 is 11.8 Å². The molecule has 1 aromatic carbocycles. The van der Waals surface area contributed by atoms with Crippen LogP contribution in [0.1, 0.15) is 17.7 Å². The minimum Gasteiger partial charge on any atom is -0.265 e. The molecular weight excluding hydrogens is 202 g/mol. The highest BCUT2D eigenvalue weighted by Crippen LogP contribution is 2.33. The van der Waals surface area contributed by atoms with E-state index in [1.165, 1.54) is 10.5 Å². The van der Waals surface area contributed by atoms with Gasteiger partial charge in [-0.3, -0.25) is 4.98 Å². The van der Waals surface area contributed by atoms with Crippen LogP contribution in [0.25, 0.3) is 0 Å². The Labute approximate surface area is 94.6 Å². The minimum atomic E-state index is 0.468. The fourth-order valence-electron chi connectivity index (χ4n) is 1.41. The first-order valence-corrected chi connectivity index (χ1v) is 5.86. The van der Waals surface area contributed by atoms with E-state index in [0.29, 0.717) is 5.25 Å². The van der Waals surface area contributed by atoms with E-state index in [9.17, 15) is 0 Å². The standard InChI is InChI=1S/C13H13NS/c1-11(12-7-9-14-10-8-12)15-13-5-3-2-4-6-13/h2-11H,1H3/t11-/m1/s1. The predicted molar refractivity (Wildman–Crippen MR) is 65.0 cm³/mol. The Bertz CT molecular complexity index is 399. The molecule has 0 saturated heterocycles. The van der Waals surface area contributed by atoms with Gasteiger partial charge in [0.2, 0.25) is 0 Å². The molecule has 0 aliphatic carbocycles. The zero-order valence-electron chi connectivity index (χ0n) is 8.63. The molecule has 2 rings (SSSR count). The van der Waals surface area contributed by atoms with Crippen molar-refractivity contribution < 1.29 is 0 Å². The Morgan fingerprint density at radius 2 is 1.67 bits per heavy atom. The predicted octanol–water partition coefficient (Wildman–Crippen LogP) is 3.93. The molecule has 0 radical (unpaired) electrons. The zero-order chi connectivity index (χ0) is 10.5. The van der Waals surface area contributed by atoms with E-state index in [0.717, 1.165) is 0 Å². The summed E-state index contributed by atoms with van der Waals surface area (Å²) in [6.07, 6.45) is 3.69. The maximum absolute atomic E-state index is 4.03. The fourth-order valence-corrected chi connectivity index (χ4v) is 2.42. The number of hydrogen-bond acceptors (Lipinski definition) is 2. The fraction of sp³-hybridized carbons (Fsp3) is 0.154. The number of thioether (sulfide) groups is 1. The molecule has 1 nitrogen and oxygen atoms in total. The van der Waals surface area contributed by atoms with Gasteiger partial charge in [0.05, 0.1) is 0 Å². The highest BCUT2D eigenvalue weighted by molar-refractivity contribution is 7.99. The summed E-state index contributed by atoms with van der Waals surface area (Å²) < 4.78 is 0. The lowest BCUT2D eigenvalue weighted by Crippen LogP contribution is -1.87. The second-order valence-electron chi connectivity index (χ2n) is 3.35. The number of nitrogens with zero attached hydrogens (tertiary/aromatic N) is 1. The van der Waals surface area contributed by atoms with Crippen LogP contribution in [0.5, 0.6) is 0 Å². The van der Waals surface area contributed by atoms with Crippen LogP contribution < -0.4 is 0 Å².